The van der Waals surface area contributed by atoms with Gasteiger partial charge in [-0.05, 0) is 29.0 Å². The van der Waals surface area contributed by atoms with E-state index in [1.807, 2.05) is 0 Å². The molecule has 2 rings (SSSR count). The van der Waals surface area contributed by atoms with Crippen LogP contribution in [0, 0.1) is 17.0 Å². The Kier molecular flexibility index (Phi) is 2.13. The van der Waals surface area contributed by atoms with Gasteiger partial charge in [-0.3, -0.25) is 10.1 Å². The van der Waals surface area contributed by atoms with E-state index in [4.69, 9.17) is 0 Å². The molecule has 0 spiro atoms. The zero-order valence-corrected chi connectivity index (χ0v) is 7.86. The summed E-state index contributed by atoms with van der Waals surface area (Å²) in [5.41, 5.74) is 1.53. The number of nitro benzene ring substituents is 1. The molecule has 0 saturated carbocycles. The number of rotatable bonds is 2. The number of benzene rings is 1. The van der Waals surface area contributed by atoms with Crippen molar-refractivity contribution in [3.05, 3.63) is 40.2 Å². The maximum atomic E-state index is 10.5. The van der Waals surface area contributed by atoms with Crippen LogP contribution in [0.3, 0.4) is 0 Å². The molecule has 0 aliphatic rings. The average Bonchev–Trinajstić information content (AvgIpc) is 2.70. The van der Waals surface area contributed by atoms with Crippen LogP contribution in [-0.4, -0.2) is 25.1 Å². The first-order chi connectivity index (χ1) is 7.18. The molecule has 76 valence electrons. The standard InChI is InChI=1S/C8H7N5O2/c1-6-4-7(13(14)15)2-3-8(6)12-5-9-10-11-12/h2-5H,1H3. The Labute approximate surface area is 84.5 Å². The van der Waals surface area contributed by atoms with Crippen molar-refractivity contribution in [2.75, 3.05) is 0 Å². The zero-order valence-electron chi connectivity index (χ0n) is 7.86. The first-order valence-electron chi connectivity index (χ1n) is 4.17. The highest BCUT2D eigenvalue weighted by molar-refractivity contribution is 5.46. The highest BCUT2D eigenvalue weighted by Gasteiger charge is 2.09. The van der Waals surface area contributed by atoms with Crippen LogP contribution in [0.5, 0.6) is 0 Å². The third kappa shape index (κ3) is 1.66. The lowest BCUT2D eigenvalue weighted by molar-refractivity contribution is -0.384. The molecule has 1 aromatic carbocycles. The molecular formula is C8H7N5O2. The maximum absolute atomic E-state index is 10.5. The topological polar surface area (TPSA) is 86.7 Å². The minimum Gasteiger partial charge on any atom is -0.258 e. The molecule has 15 heavy (non-hydrogen) atoms. The number of aryl methyl sites for hydroxylation is 1. The number of nitro groups is 1. The summed E-state index contributed by atoms with van der Waals surface area (Å²) in [5, 5.41) is 21.2. The Morgan fingerprint density at radius 3 is 2.80 bits per heavy atom. The van der Waals surface area contributed by atoms with Gasteiger partial charge in [-0.2, -0.15) is 0 Å². The van der Waals surface area contributed by atoms with Crippen LogP contribution in [0.2, 0.25) is 0 Å². The Hall–Kier alpha value is -2.31. The van der Waals surface area contributed by atoms with Crippen LogP contribution in [0.15, 0.2) is 24.5 Å². The van der Waals surface area contributed by atoms with Crippen molar-refractivity contribution in [1.29, 1.82) is 0 Å². The lowest BCUT2D eigenvalue weighted by atomic mass is 10.2. The van der Waals surface area contributed by atoms with Crippen molar-refractivity contribution in [3.63, 3.8) is 0 Å². The van der Waals surface area contributed by atoms with Crippen LogP contribution in [0.4, 0.5) is 5.69 Å². The van der Waals surface area contributed by atoms with Gasteiger partial charge in [0.15, 0.2) is 0 Å². The molecule has 0 saturated heterocycles. The van der Waals surface area contributed by atoms with Crippen LogP contribution >= 0.6 is 0 Å². The Bertz CT molecular complexity index is 494. The largest absolute Gasteiger partial charge is 0.269 e. The van der Waals surface area contributed by atoms with E-state index in [0.717, 1.165) is 11.3 Å². The molecular weight excluding hydrogens is 198 g/mol. The Morgan fingerprint density at radius 2 is 2.27 bits per heavy atom. The second-order valence-electron chi connectivity index (χ2n) is 2.98. The Morgan fingerprint density at radius 1 is 1.47 bits per heavy atom. The van der Waals surface area contributed by atoms with E-state index in [0.29, 0.717) is 0 Å². The van der Waals surface area contributed by atoms with E-state index in [1.54, 1.807) is 13.0 Å². The molecule has 0 radical (unpaired) electrons. The molecule has 0 bridgehead atoms. The fourth-order valence-electron chi connectivity index (χ4n) is 1.28. The second-order valence-corrected chi connectivity index (χ2v) is 2.98. The predicted octanol–water partition coefficient (Wildman–Crippen LogP) is 0.879. The molecule has 0 amide bonds. The molecule has 0 aliphatic carbocycles. The van der Waals surface area contributed by atoms with Crippen LogP contribution in [0.1, 0.15) is 5.56 Å². The van der Waals surface area contributed by atoms with Gasteiger partial charge in [0.25, 0.3) is 5.69 Å². The van der Waals surface area contributed by atoms with Crippen molar-refractivity contribution in [2.45, 2.75) is 6.92 Å². The molecule has 1 aromatic heterocycles. The number of tetrazole rings is 1. The molecule has 7 nitrogen and oxygen atoms in total. The number of hydrogen-bond donors (Lipinski definition) is 0. The third-order valence-corrected chi connectivity index (χ3v) is 1.99. The minimum absolute atomic E-state index is 0.0596. The van der Waals surface area contributed by atoms with Gasteiger partial charge < -0.3 is 0 Å². The average molecular weight is 205 g/mol. The lowest BCUT2D eigenvalue weighted by Crippen LogP contribution is -1.99. The van der Waals surface area contributed by atoms with Gasteiger partial charge in [0.2, 0.25) is 0 Å². The van der Waals surface area contributed by atoms with Crippen molar-refractivity contribution >= 4 is 5.69 Å². The molecule has 1 heterocycles. The van der Waals surface area contributed by atoms with Crippen molar-refractivity contribution in [3.8, 4) is 5.69 Å². The molecule has 0 fully saturated rings. The van der Waals surface area contributed by atoms with Crippen molar-refractivity contribution in [1.82, 2.24) is 20.2 Å². The Balaban J connectivity index is 2.48. The first kappa shape index (κ1) is 9.25. The smallest absolute Gasteiger partial charge is 0.258 e. The second kappa shape index (κ2) is 3.45. The first-order valence-corrected chi connectivity index (χ1v) is 4.17. The van der Waals surface area contributed by atoms with Gasteiger partial charge in [0.1, 0.15) is 6.33 Å². The molecule has 2 aromatic rings. The van der Waals surface area contributed by atoms with Gasteiger partial charge in [0.05, 0.1) is 10.6 Å². The summed E-state index contributed by atoms with van der Waals surface area (Å²) in [4.78, 5) is 10.1. The highest BCUT2D eigenvalue weighted by Crippen LogP contribution is 2.18. The van der Waals surface area contributed by atoms with E-state index in [1.165, 1.54) is 23.1 Å². The quantitative estimate of drug-likeness (QED) is 0.536. The van der Waals surface area contributed by atoms with Gasteiger partial charge >= 0.3 is 0 Å². The molecule has 0 N–H and O–H groups in total. The van der Waals surface area contributed by atoms with Gasteiger partial charge in [-0.25, -0.2) is 4.68 Å². The monoisotopic (exact) mass is 205 g/mol. The van der Waals surface area contributed by atoms with Crippen LogP contribution in [-0.2, 0) is 0 Å². The van der Waals surface area contributed by atoms with Crippen LogP contribution in [0.25, 0.3) is 5.69 Å². The van der Waals surface area contributed by atoms with Crippen molar-refractivity contribution in [2.24, 2.45) is 0 Å². The van der Waals surface area contributed by atoms with Gasteiger partial charge in [0, 0.05) is 12.1 Å². The van der Waals surface area contributed by atoms with Gasteiger partial charge in [-0.1, -0.05) is 0 Å². The predicted molar refractivity (Wildman–Crippen MR) is 50.5 cm³/mol. The summed E-state index contributed by atoms with van der Waals surface area (Å²) < 4.78 is 1.46. The lowest BCUT2D eigenvalue weighted by Gasteiger charge is -2.02. The third-order valence-electron chi connectivity index (χ3n) is 1.99. The van der Waals surface area contributed by atoms with Gasteiger partial charge in [-0.15, -0.1) is 5.10 Å². The van der Waals surface area contributed by atoms with Crippen LogP contribution < -0.4 is 0 Å². The SMILES string of the molecule is Cc1cc([N+](=O)[O-])ccc1-n1cnnn1. The number of nitrogens with zero attached hydrogens (tertiary/aromatic N) is 5. The summed E-state index contributed by atoms with van der Waals surface area (Å²) in [6.45, 7) is 1.77. The number of non-ortho nitro benzene ring substituents is 1. The molecule has 0 aliphatic heterocycles. The summed E-state index contributed by atoms with van der Waals surface area (Å²) >= 11 is 0. The van der Waals surface area contributed by atoms with E-state index >= 15 is 0 Å². The van der Waals surface area contributed by atoms with E-state index < -0.39 is 4.92 Å². The molecule has 0 unspecified atom stereocenters. The summed E-state index contributed by atoms with van der Waals surface area (Å²) in [6, 6.07) is 4.52. The summed E-state index contributed by atoms with van der Waals surface area (Å²) in [7, 11) is 0. The zero-order chi connectivity index (χ0) is 10.8. The molecule has 7 heteroatoms. The molecule has 0 atom stereocenters. The van der Waals surface area contributed by atoms with E-state index in [9.17, 15) is 10.1 Å². The van der Waals surface area contributed by atoms with E-state index in [-0.39, 0.29) is 5.69 Å². The minimum atomic E-state index is -0.434. The fraction of sp³-hybridized carbons (Fsp3) is 0.125. The number of aromatic nitrogens is 4. The summed E-state index contributed by atoms with van der Waals surface area (Å²) in [6.07, 6.45) is 1.44. The normalized spacial score (nSPS) is 10.2. The highest BCUT2D eigenvalue weighted by atomic mass is 16.6. The maximum Gasteiger partial charge on any atom is 0.269 e. The summed E-state index contributed by atoms with van der Waals surface area (Å²) in [5.74, 6) is 0. The fourth-order valence-corrected chi connectivity index (χ4v) is 1.28. The number of hydrogen-bond acceptors (Lipinski definition) is 5. The van der Waals surface area contributed by atoms with E-state index in [2.05, 4.69) is 15.5 Å². The van der Waals surface area contributed by atoms with Crippen molar-refractivity contribution < 1.29 is 4.92 Å².